The summed E-state index contributed by atoms with van der Waals surface area (Å²) in [5, 5.41) is 6.86. The first kappa shape index (κ1) is 21.3. The van der Waals surface area contributed by atoms with Gasteiger partial charge in [-0.25, -0.2) is 4.79 Å². The number of benzene rings is 4. The molecule has 0 fully saturated rings. The smallest absolute Gasteiger partial charge is 0.368 e. The number of rotatable bonds is 5. The van der Waals surface area contributed by atoms with Crippen molar-refractivity contribution in [2.75, 3.05) is 0 Å². The third kappa shape index (κ3) is 4.36. The van der Waals surface area contributed by atoms with E-state index in [-0.39, 0.29) is 0 Å². The lowest BCUT2D eigenvalue weighted by Gasteiger charge is -2.13. The number of carbonyl (C=O) groups excluding carboxylic acids is 1. The molecule has 33 heavy (non-hydrogen) atoms. The van der Waals surface area contributed by atoms with Crippen molar-refractivity contribution in [2.24, 2.45) is 5.16 Å². The standard InChI is InChI=1S/C27H17Cl2NO3/c28-23-14-17(13-22-25(30-33-27(22)31)19-8-2-1-3-9-19)15-24(29)26(23)32-16-20-11-6-10-18-7-4-5-12-21(18)20/h1-15H,16H2/b22-13-. The van der Waals surface area contributed by atoms with Gasteiger partial charge in [0.05, 0.1) is 15.6 Å². The number of oxime groups is 1. The summed E-state index contributed by atoms with van der Waals surface area (Å²) in [4.78, 5) is 17.2. The van der Waals surface area contributed by atoms with E-state index in [9.17, 15) is 4.79 Å². The molecule has 4 aromatic carbocycles. The Labute approximate surface area is 200 Å². The van der Waals surface area contributed by atoms with Gasteiger partial charge < -0.3 is 9.57 Å². The molecular weight excluding hydrogens is 457 g/mol. The van der Waals surface area contributed by atoms with Gasteiger partial charge in [-0.2, -0.15) is 0 Å². The summed E-state index contributed by atoms with van der Waals surface area (Å²) in [6.45, 7) is 0.318. The highest BCUT2D eigenvalue weighted by Gasteiger charge is 2.27. The first-order valence-electron chi connectivity index (χ1n) is 10.3. The van der Waals surface area contributed by atoms with E-state index in [0.29, 0.717) is 39.2 Å². The molecule has 0 aliphatic carbocycles. The predicted molar refractivity (Wildman–Crippen MR) is 132 cm³/mol. The zero-order valence-electron chi connectivity index (χ0n) is 17.3. The van der Waals surface area contributed by atoms with Crippen LogP contribution in [0.2, 0.25) is 10.0 Å². The third-order valence-electron chi connectivity index (χ3n) is 5.33. The van der Waals surface area contributed by atoms with E-state index in [0.717, 1.165) is 21.9 Å². The van der Waals surface area contributed by atoms with E-state index in [1.165, 1.54) is 0 Å². The van der Waals surface area contributed by atoms with Crippen LogP contribution in [0.3, 0.4) is 0 Å². The average Bonchev–Trinajstić information content (AvgIpc) is 3.19. The topological polar surface area (TPSA) is 47.9 Å². The van der Waals surface area contributed by atoms with Crippen LogP contribution in [-0.2, 0) is 16.2 Å². The van der Waals surface area contributed by atoms with Crippen LogP contribution in [0.15, 0.2) is 95.7 Å². The van der Waals surface area contributed by atoms with Crippen molar-refractivity contribution in [3.05, 3.63) is 117 Å². The number of hydrogen-bond acceptors (Lipinski definition) is 4. The number of carbonyl (C=O) groups is 1. The summed E-state index contributed by atoms with van der Waals surface area (Å²) in [5.41, 5.74) is 3.24. The van der Waals surface area contributed by atoms with E-state index in [4.69, 9.17) is 32.8 Å². The fourth-order valence-corrected chi connectivity index (χ4v) is 4.36. The summed E-state index contributed by atoms with van der Waals surface area (Å²) >= 11 is 13.0. The quantitative estimate of drug-likeness (QED) is 0.230. The number of halogens is 2. The molecule has 1 heterocycles. The molecular formula is C27H17Cl2NO3. The fraction of sp³-hybridized carbons (Fsp3) is 0.0370. The molecule has 4 aromatic rings. The second kappa shape index (κ2) is 9.10. The zero-order valence-corrected chi connectivity index (χ0v) is 18.8. The Hall–Kier alpha value is -3.60. The zero-order chi connectivity index (χ0) is 22.8. The molecule has 0 saturated carbocycles. The van der Waals surface area contributed by atoms with Gasteiger partial charge in [-0.3, -0.25) is 0 Å². The summed E-state index contributed by atoms with van der Waals surface area (Å²) in [6, 6.07) is 26.9. The third-order valence-corrected chi connectivity index (χ3v) is 5.89. The van der Waals surface area contributed by atoms with Crippen LogP contribution >= 0.6 is 23.2 Å². The van der Waals surface area contributed by atoms with Crippen molar-refractivity contribution in [1.29, 1.82) is 0 Å². The van der Waals surface area contributed by atoms with Crippen molar-refractivity contribution in [2.45, 2.75) is 6.61 Å². The van der Waals surface area contributed by atoms with Gasteiger partial charge in [0, 0.05) is 5.56 Å². The van der Waals surface area contributed by atoms with Crippen LogP contribution in [0.25, 0.3) is 16.8 Å². The van der Waals surface area contributed by atoms with Crippen molar-refractivity contribution in [3.63, 3.8) is 0 Å². The highest BCUT2D eigenvalue weighted by molar-refractivity contribution is 6.37. The predicted octanol–water partition coefficient (Wildman–Crippen LogP) is 7.07. The minimum absolute atomic E-state index is 0.318. The molecule has 1 aliphatic heterocycles. The lowest BCUT2D eigenvalue weighted by molar-refractivity contribution is -0.136. The Morgan fingerprint density at radius 1 is 0.879 bits per heavy atom. The summed E-state index contributed by atoms with van der Waals surface area (Å²) in [6.07, 6.45) is 1.66. The van der Waals surface area contributed by atoms with Crippen molar-refractivity contribution in [3.8, 4) is 5.75 Å². The molecule has 0 atom stereocenters. The van der Waals surface area contributed by atoms with Crippen LogP contribution < -0.4 is 4.74 Å². The Balaban J connectivity index is 1.42. The molecule has 0 amide bonds. The maximum Gasteiger partial charge on any atom is 0.368 e. The van der Waals surface area contributed by atoms with Gasteiger partial charge in [-0.1, -0.05) is 101 Å². The normalized spacial score (nSPS) is 14.4. The Morgan fingerprint density at radius 3 is 2.36 bits per heavy atom. The van der Waals surface area contributed by atoms with E-state index < -0.39 is 5.97 Å². The van der Waals surface area contributed by atoms with Crippen LogP contribution in [0.5, 0.6) is 5.75 Å². The van der Waals surface area contributed by atoms with E-state index in [1.807, 2.05) is 54.6 Å². The summed E-state index contributed by atoms with van der Waals surface area (Å²) in [7, 11) is 0. The molecule has 0 N–H and O–H groups in total. The second-order valence-corrected chi connectivity index (χ2v) is 8.30. The van der Waals surface area contributed by atoms with Crippen molar-refractivity contribution in [1.82, 2.24) is 0 Å². The highest BCUT2D eigenvalue weighted by Crippen LogP contribution is 2.36. The van der Waals surface area contributed by atoms with Gasteiger partial charge >= 0.3 is 5.97 Å². The van der Waals surface area contributed by atoms with Gasteiger partial charge in [0.2, 0.25) is 0 Å². The molecule has 0 radical (unpaired) electrons. The van der Waals surface area contributed by atoms with Crippen LogP contribution in [-0.4, -0.2) is 11.7 Å². The van der Waals surface area contributed by atoms with Gasteiger partial charge in [0.25, 0.3) is 0 Å². The number of ether oxygens (including phenoxy) is 1. The molecule has 0 saturated heterocycles. The largest absolute Gasteiger partial charge is 0.486 e. The molecule has 1 aliphatic rings. The molecule has 0 unspecified atom stereocenters. The van der Waals surface area contributed by atoms with Gasteiger partial charge in [0.1, 0.15) is 12.3 Å². The molecule has 0 spiro atoms. The molecule has 4 nitrogen and oxygen atoms in total. The maximum atomic E-state index is 12.3. The van der Waals surface area contributed by atoms with E-state index in [1.54, 1.807) is 18.2 Å². The molecule has 6 heteroatoms. The Morgan fingerprint density at radius 2 is 1.58 bits per heavy atom. The van der Waals surface area contributed by atoms with Crippen LogP contribution in [0.1, 0.15) is 16.7 Å². The average molecular weight is 474 g/mol. The van der Waals surface area contributed by atoms with Gasteiger partial charge in [0.15, 0.2) is 5.75 Å². The minimum Gasteiger partial charge on any atom is -0.486 e. The number of nitrogens with zero attached hydrogens (tertiary/aromatic N) is 1. The number of hydrogen-bond donors (Lipinski definition) is 0. The second-order valence-electron chi connectivity index (χ2n) is 7.48. The van der Waals surface area contributed by atoms with Gasteiger partial charge in [-0.05, 0) is 40.1 Å². The first-order valence-corrected chi connectivity index (χ1v) is 11.0. The Kier molecular flexibility index (Phi) is 5.86. The molecule has 5 rings (SSSR count). The van der Waals surface area contributed by atoms with Crippen molar-refractivity contribution >= 4 is 51.7 Å². The summed E-state index contributed by atoms with van der Waals surface area (Å²) < 4.78 is 6.00. The molecule has 162 valence electrons. The Bertz CT molecular complexity index is 1400. The highest BCUT2D eigenvalue weighted by atomic mass is 35.5. The van der Waals surface area contributed by atoms with Crippen LogP contribution in [0.4, 0.5) is 0 Å². The van der Waals surface area contributed by atoms with E-state index >= 15 is 0 Å². The molecule has 0 bridgehead atoms. The summed E-state index contributed by atoms with van der Waals surface area (Å²) in [5.74, 6) is -0.142. The lowest BCUT2D eigenvalue weighted by Crippen LogP contribution is -2.06. The van der Waals surface area contributed by atoms with E-state index in [2.05, 4.69) is 23.4 Å². The van der Waals surface area contributed by atoms with Gasteiger partial charge in [-0.15, -0.1) is 0 Å². The SMILES string of the molecule is O=C1ON=C(c2ccccc2)/C1=C/c1cc(Cl)c(OCc2cccc3ccccc23)c(Cl)c1. The monoisotopic (exact) mass is 473 g/mol. The molecule has 0 aromatic heterocycles. The van der Waals surface area contributed by atoms with Crippen molar-refractivity contribution < 1.29 is 14.4 Å². The number of fused-ring (bicyclic) bond motifs is 1. The minimum atomic E-state index is -0.530. The lowest BCUT2D eigenvalue weighted by atomic mass is 10.0. The van der Waals surface area contributed by atoms with Crippen LogP contribution in [0, 0.1) is 0 Å². The first-order chi connectivity index (χ1) is 16.1. The fourth-order valence-electron chi connectivity index (χ4n) is 3.75. The maximum absolute atomic E-state index is 12.3.